The first-order valence-corrected chi connectivity index (χ1v) is 8.94. The van der Waals surface area contributed by atoms with Gasteiger partial charge in [0.2, 0.25) is 0 Å². The van der Waals surface area contributed by atoms with Crippen LogP contribution in [0.1, 0.15) is 37.8 Å². The molecule has 1 fully saturated rings. The maximum absolute atomic E-state index is 12.1. The van der Waals surface area contributed by atoms with E-state index in [1.807, 2.05) is 25.7 Å². The highest BCUT2D eigenvalue weighted by Crippen LogP contribution is 2.34. The summed E-state index contributed by atoms with van der Waals surface area (Å²) in [6.07, 6.45) is 0.827. The van der Waals surface area contributed by atoms with E-state index in [2.05, 4.69) is 29.3 Å². The van der Waals surface area contributed by atoms with E-state index in [0.29, 0.717) is 38.1 Å². The number of carbonyl (C=O) groups excluding carboxylic acids is 1. The molecule has 3 rings (SSSR count). The van der Waals surface area contributed by atoms with E-state index in [1.54, 1.807) is 4.90 Å². The Balaban J connectivity index is 1.47. The standard InChI is InChI=1S/C19H28N4O2/c1-19(2,3)25-18(24)23-10-8-22(9-11-23)17(20)21-13-15-12-14-6-4-5-7-16(14)15/h4-7,15H,8-13H2,1-3H3,(H2,20,21). The summed E-state index contributed by atoms with van der Waals surface area (Å²) in [5.41, 5.74) is 8.52. The number of hydrogen-bond acceptors (Lipinski definition) is 3. The highest BCUT2D eigenvalue weighted by molar-refractivity contribution is 5.78. The highest BCUT2D eigenvalue weighted by Gasteiger charge is 2.27. The van der Waals surface area contributed by atoms with E-state index in [-0.39, 0.29) is 6.09 Å². The van der Waals surface area contributed by atoms with Gasteiger partial charge >= 0.3 is 6.09 Å². The summed E-state index contributed by atoms with van der Waals surface area (Å²) in [5, 5.41) is 0. The van der Waals surface area contributed by atoms with Gasteiger partial charge in [0.1, 0.15) is 5.60 Å². The number of rotatable bonds is 2. The molecule has 1 atom stereocenters. The van der Waals surface area contributed by atoms with Gasteiger partial charge in [0.15, 0.2) is 5.96 Å². The zero-order chi connectivity index (χ0) is 18.0. The van der Waals surface area contributed by atoms with E-state index in [4.69, 9.17) is 10.5 Å². The Morgan fingerprint density at radius 1 is 1.20 bits per heavy atom. The summed E-state index contributed by atoms with van der Waals surface area (Å²) < 4.78 is 5.41. The number of carbonyl (C=O) groups is 1. The molecule has 1 aliphatic heterocycles. The summed E-state index contributed by atoms with van der Waals surface area (Å²) in [6.45, 7) is 8.97. The summed E-state index contributed by atoms with van der Waals surface area (Å²) in [5.74, 6) is 1.06. The number of benzene rings is 1. The van der Waals surface area contributed by atoms with Crippen molar-refractivity contribution in [2.24, 2.45) is 10.7 Å². The predicted molar refractivity (Wildman–Crippen MR) is 98.8 cm³/mol. The molecule has 0 bridgehead atoms. The third kappa shape index (κ3) is 4.24. The number of aliphatic imine (C=N–C) groups is 1. The maximum atomic E-state index is 12.1. The number of ether oxygens (including phenoxy) is 1. The molecule has 1 aromatic carbocycles. The molecule has 6 nitrogen and oxygen atoms in total. The summed E-state index contributed by atoms with van der Waals surface area (Å²) in [4.78, 5) is 20.5. The second-order valence-corrected chi connectivity index (χ2v) is 7.75. The first-order valence-electron chi connectivity index (χ1n) is 8.94. The molecule has 1 saturated heterocycles. The van der Waals surface area contributed by atoms with Crippen LogP contribution in [0.3, 0.4) is 0 Å². The van der Waals surface area contributed by atoms with Gasteiger partial charge < -0.3 is 20.3 Å². The molecule has 1 aliphatic carbocycles. The Kier molecular flexibility index (Phi) is 4.88. The number of hydrogen-bond donors (Lipinski definition) is 1. The maximum Gasteiger partial charge on any atom is 0.410 e. The lowest BCUT2D eigenvalue weighted by atomic mass is 9.78. The SMILES string of the molecule is CC(C)(C)OC(=O)N1CCN(C(N)=NCC2Cc3ccccc32)CC1. The fraction of sp³-hybridized carbons (Fsp3) is 0.579. The van der Waals surface area contributed by atoms with Crippen LogP contribution in [-0.2, 0) is 11.2 Å². The van der Waals surface area contributed by atoms with Crippen molar-refractivity contribution in [3.05, 3.63) is 35.4 Å². The molecule has 0 saturated carbocycles. The van der Waals surface area contributed by atoms with Gasteiger partial charge in [-0.15, -0.1) is 0 Å². The van der Waals surface area contributed by atoms with Crippen molar-refractivity contribution in [3.8, 4) is 0 Å². The van der Waals surface area contributed by atoms with Crippen molar-refractivity contribution in [2.45, 2.75) is 38.7 Å². The lowest BCUT2D eigenvalue weighted by molar-refractivity contribution is 0.0186. The number of amides is 1. The molecule has 1 amide bonds. The monoisotopic (exact) mass is 344 g/mol. The Hall–Kier alpha value is -2.24. The fourth-order valence-corrected chi connectivity index (χ4v) is 3.27. The normalized spacial score (nSPS) is 20.8. The van der Waals surface area contributed by atoms with Gasteiger partial charge in [-0.3, -0.25) is 4.99 Å². The molecule has 6 heteroatoms. The van der Waals surface area contributed by atoms with E-state index < -0.39 is 5.60 Å². The molecular weight excluding hydrogens is 316 g/mol. The van der Waals surface area contributed by atoms with Crippen molar-refractivity contribution in [1.82, 2.24) is 9.80 Å². The molecule has 2 aliphatic rings. The summed E-state index contributed by atoms with van der Waals surface area (Å²) in [6, 6.07) is 8.51. The average molecular weight is 344 g/mol. The Bertz CT molecular complexity index is 658. The van der Waals surface area contributed by atoms with Crippen LogP contribution in [0.25, 0.3) is 0 Å². The van der Waals surface area contributed by atoms with Crippen molar-refractivity contribution >= 4 is 12.1 Å². The minimum absolute atomic E-state index is 0.256. The van der Waals surface area contributed by atoms with Gasteiger partial charge in [0, 0.05) is 38.6 Å². The van der Waals surface area contributed by atoms with Gasteiger partial charge in [-0.1, -0.05) is 24.3 Å². The molecule has 1 heterocycles. The fourth-order valence-electron chi connectivity index (χ4n) is 3.27. The first-order chi connectivity index (χ1) is 11.8. The number of fused-ring (bicyclic) bond motifs is 1. The second kappa shape index (κ2) is 6.94. The Morgan fingerprint density at radius 3 is 2.48 bits per heavy atom. The zero-order valence-corrected chi connectivity index (χ0v) is 15.4. The third-order valence-corrected chi connectivity index (χ3v) is 4.69. The van der Waals surface area contributed by atoms with Crippen LogP contribution < -0.4 is 5.73 Å². The Morgan fingerprint density at radius 2 is 1.84 bits per heavy atom. The van der Waals surface area contributed by atoms with Crippen LogP contribution in [0.4, 0.5) is 4.79 Å². The van der Waals surface area contributed by atoms with Crippen molar-refractivity contribution < 1.29 is 9.53 Å². The van der Waals surface area contributed by atoms with Gasteiger partial charge in [0.25, 0.3) is 0 Å². The second-order valence-electron chi connectivity index (χ2n) is 7.75. The molecule has 0 radical (unpaired) electrons. The predicted octanol–water partition coefficient (Wildman–Crippen LogP) is 2.19. The van der Waals surface area contributed by atoms with Gasteiger partial charge in [-0.25, -0.2) is 4.79 Å². The van der Waals surface area contributed by atoms with Crippen LogP contribution in [0, 0.1) is 0 Å². The third-order valence-electron chi connectivity index (χ3n) is 4.69. The van der Waals surface area contributed by atoms with Crippen LogP contribution in [-0.4, -0.2) is 60.2 Å². The lowest BCUT2D eigenvalue weighted by Crippen LogP contribution is -2.53. The van der Waals surface area contributed by atoms with Gasteiger partial charge in [-0.05, 0) is 38.3 Å². The van der Waals surface area contributed by atoms with Gasteiger partial charge in [0.05, 0.1) is 0 Å². The molecule has 136 valence electrons. The van der Waals surface area contributed by atoms with Crippen LogP contribution in [0.2, 0.25) is 0 Å². The molecule has 2 N–H and O–H groups in total. The topological polar surface area (TPSA) is 71.2 Å². The van der Waals surface area contributed by atoms with Crippen LogP contribution >= 0.6 is 0 Å². The summed E-state index contributed by atoms with van der Waals surface area (Å²) >= 11 is 0. The number of nitrogens with two attached hydrogens (primary N) is 1. The van der Waals surface area contributed by atoms with Crippen molar-refractivity contribution in [1.29, 1.82) is 0 Å². The molecule has 1 aromatic rings. The minimum Gasteiger partial charge on any atom is -0.444 e. The molecule has 0 spiro atoms. The van der Waals surface area contributed by atoms with E-state index in [0.717, 1.165) is 13.0 Å². The molecule has 25 heavy (non-hydrogen) atoms. The molecular formula is C19H28N4O2. The lowest BCUT2D eigenvalue weighted by Gasteiger charge is -2.36. The zero-order valence-electron chi connectivity index (χ0n) is 15.4. The quantitative estimate of drug-likeness (QED) is 0.659. The van der Waals surface area contributed by atoms with Crippen molar-refractivity contribution in [3.63, 3.8) is 0 Å². The van der Waals surface area contributed by atoms with E-state index in [1.165, 1.54) is 11.1 Å². The van der Waals surface area contributed by atoms with Gasteiger partial charge in [-0.2, -0.15) is 0 Å². The average Bonchev–Trinajstić information content (AvgIpc) is 2.54. The number of guanidine groups is 1. The van der Waals surface area contributed by atoms with E-state index in [9.17, 15) is 4.79 Å². The van der Waals surface area contributed by atoms with Crippen molar-refractivity contribution in [2.75, 3.05) is 32.7 Å². The number of nitrogens with zero attached hydrogens (tertiary/aromatic N) is 3. The molecule has 0 aromatic heterocycles. The minimum atomic E-state index is -0.465. The van der Waals surface area contributed by atoms with Crippen LogP contribution in [0.5, 0.6) is 0 Å². The molecule has 1 unspecified atom stereocenters. The smallest absolute Gasteiger partial charge is 0.410 e. The number of piperazine rings is 1. The summed E-state index contributed by atoms with van der Waals surface area (Å²) in [7, 11) is 0. The van der Waals surface area contributed by atoms with E-state index >= 15 is 0 Å². The largest absolute Gasteiger partial charge is 0.444 e. The highest BCUT2D eigenvalue weighted by atomic mass is 16.6. The van der Waals surface area contributed by atoms with Crippen LogP contribution in [0.15, 0.2) is 29.3 Å². The Labute approximate surface area is 149 Å². The first kappa shape index (κ1) is 17.6.